The Morgan fingerprint density at radius 1 is 0.826 bits per heavy atom. The van der Waals surface area contributed by atoms with Gasteiger partial charge in [-0.2, -0.15) is 0 Å². The smallest absolute Gasteiger partial charge is 0.322 e. The maximum absolute atomic E-state index is 12.1. The summed E-state index contributed by atoms with van der Waals surface area (Å²) in [5.74, 6) is -2.66. The largest absolute Gasteiger partial charge is 0.480 e. The number of carboxylic acid groups (broad SMARTS) is 2. The van der Waals surface area contributed by atoms with Crippen molar-refractivity contribution in [2.45, 2.75) is 25.7 Å². The number of hydrogen-bond donors (Lipinski definition) is 2. The molecule has 120 valence electrons. The number of rotatable bonds is 6. The number of carboxylic acids is 2. The predicted octanol–water partition coefficient (Wildman–Crippen LogP) is 3.36. The van der Waals surface area contributed by atoms with Crippen molar-refractivity contribution < 1.29 is 19.8 Å². The Labute approximate surface area is 135 Å². The third kappa shape index (κ3) is 2.84. The summed E-state index contributed by atoms with van der Waals surface area (Å²) >= 11 is 0. The molecule has 2 N–H and O–H groups in total. The average Bonchev–Trinajstić information content (AvgIpc) is 2.53. The SMILES string of the molecule is CC(C)(c1ccccc1)C(Cc1ccccc1)(C(=O)O)C(=O)O. The summed E-state index contributed by atoms with van der Waals surface area (Å²) in [4.78, 5) is 24.2. The number of hydrogen-bond acceptors (Lipinski definition) is 2. The molecule has 2 aromatic rings. The first-order valence-corrected chi connectivity index (χ1v) is 7.38. The fourth-order valence-electron chi connectivity index (χ4n) is 3.00. The molecule has 23 heavy (non-hydrogen) atoms. The molecule has 0 atom stereocenters. The third-order valence-electron chi connectivity index (χ3n) is 4.60. The van der Waals surface area contributed by atoms with Crippen molar-refractivity contribution >= 4 is 11.9 Å². The molecule has 4 nitrogen and oxygen atoms in total. The van der Waals surface area contributed by atoms with Crippen molar-refractivity contribution in [3.05, 3.63) is 71.8 Å². The van der Waals surface area contributed by atoms with Crippen molar-refractivity contribution in [3.8, 4) is 0 Å². The van der Waals surface area contributed by atoms with Crippen LogP contribution in [0, 0.1) is 5.41 Å². The Kier molecular flexibility index (Phi) is 4.55. The third-order valence-corrected chi connectivity index (χ3v) is 4.60. The summed E-state index contributed by atoms with van der Waals surface area (Å²) in [6, 6.07) is 17.8. The minimum atomic E-state index is -1.96. The van der Waals surface area contributed by atoms with Gasteiger partial charge < -0.3 is 10.2 Å². The molecule has 0 aliphatic heterocycles. The molecule has 2 aromatic carbocycles. The Morgan fingerprint density at radius 3 is 1.70 bits per heavy atom. The molecule has 0 amide bonds. The van der Waals surface area contributed by atoms with E-state index in [9.17, 15) is 19.8 Å². The molecule has 0 heterocycles. The summed E-state index contributed by atoms with van der Waals surface area (Å²) in [6.45, 7) is 3.35. The van der Waals surface area contributed by atoms with Crippen molar-refractivity contribution in [3.63, 3.8) is 0 Å². The summed E-state index contributed by atoms with van der Waals surface area (Å²) in [5.41, 5.74) is -1.70. The zero-order chi connectivity index (χ0) is 17.1. The molecule has 0 unspecified atom stereocenters. The Bertz CT molecular complexity index is 676. The van der Waals surface area contributed by atoms with Gasteiger partial charge in [0.05, 0.1) is 0 Å². The van der Waals surface area contributed by atoms with Crippen LogP contribution < -0.4 is 0 Å². The van der Waals surface area contributed by atoms with Crippen LogP contribution in [0.25, 0.3) is 0 Å². The zero-order valence-electron chi connectivity index (χ0n) is 13.2. The molecule has 0 bridgehead atoms. The van der Waals surface area contributed by atoms with E-state index in [1.165, 1.54) is 0 Å². The van der Waals surface area contributed by atoms with Gasteiger partial charge >= 0.3 is 11.9 Å². The highest BCUT2D eigenvalue weighted by atomic mass is 16.4. The van der Waals surface area contributed by atoms with Crippen molar-refractivity contribution in [1.82, 2.24) is 0 Å². The monoisotopic (exact) mass is 312 g/mol. The van der Waals surface area contributed by atoms with Crippen LogP contribution >= 0.6 is 0 Å². The molecular weight excluding hydrogens is 292 g/mol. The molecule has 2 rings (SSSR count). The van der Waals surface area contributed by atoms with E-state index in [2.05, 4.69) is 0 Å². The minimum Gasteiger partial charge on any atom is -0.480 e. The molecule has 0 saturated carbocycles. The van der Waals surface area contributed by atoms with Crippen LogP contribution in [0.3, 0.4) is 0 Å². The van der Waals surface area contributed by atoms with Gasteiger partial charge in [-0.3, -0.25) is 9.59 Å². The number of carbonyl (C=O) groups is 2. The van der Waals surface area contributed by atoms with Crippen molar-refractivity contribution in [1.29, 1.82) is 0 Å². The second kappa shape index (κ2) is 6.24. The van der Waals surface area contributed by atoms with Gasteiger partial charge in [0.15, 0.2) is 5.41 Å². The molecule has 0 radical (unpaired) electrons. The minimum absolute atomic E-state index is 0.0829. The highest BCUT2D eigenvalue weighted by Crippen LogP contribution is 2.45. The van der Waals surface area contributed by atoms with E-state index in [1.807, 2.05) is 12.1 Å². The molecule has 0 aliphatic rings. The first-order valence-electron chi connectivity index (χ1n) is 7.38. The molecule has 0 saturated heterocycles. The quantitative estimate of drug-likeness (QED) is 0.802. The van der Waals surface area contributed by atoms with Crippen LogP contribution in [0.15, 0.2) is 60.7 Å². The van der Waals surface area contributed by atoms with Crippen LogP contribution in [-0.4, -0.2) is 22.2 Å². The lowest BCUT2D eigenvalue weighted by Crippen LogP contribution is -2.54. The fourth-order valence-corrected chi connectivity index (χ4v) is 3.00. The first kappa shape index (κ1) is 16.7. The van der Waals surface area contributed by atoms with Gasteiger partial charge in [0.1, 0.15) is 0 Å². The van der Waals surface area contributed by atoms with E-state index >= 15 is 0 Å². The molecular formula is C19H20O4. The van der Waals surface area contributed by atoms with Gasteiger partial charge in [0.25, 0.3) is 0 Å². The molecule has 0 spiro atoms. The summed E-state index contributed by atoms with van der Waals surface area (Å²) in [7, 11) is 0. The van der Waals surface area contributed by atoms with Crippen LogP contribution in [-0.2, 0) is 21.4 Å². The van der Waals surface area contributed by atoms with Gasteiger partial charge in [-0.25, -0.2) is 0 Å². The van der Waals surface area contributed by atoms with E-state index < -0.39 is 22.8 Å². The van der Waals surface area contributed by atoms with Gasteiger partial charge in [-0.05, 0) is 11.1 Å². The van der Waals surface area contributed by atoms with Crippen LogP contribution in [0.4, 0.5) is 0 Å². The lowest BCUT2D eigenvalue weighted by molar-refractivity contribution is -0.170. The standard InChI is InChI=1S/C19H20O4/c1-18(2,15-11-7-4-8-12-15)19(16(20)21,17(22)23)13-14-9-5-3-6-10-14/h3-12H,13H2,1-2H3,(H,20,21)(H,22,23). The molecule has 0 aromatic heterocycles. The first-order chi connectivity index (χ1) is 10.8. The number of benzene rings is 2. The fraction of sp³-hybridized carbons (Fsp3) is 0.263. The topological polar surface area (TPSA) is 74.6 Å². The highest BCUT2D eigenvalue weighted by Gasteiger charge is 2.58. The van der Waals surface area contributed by atoms with Gasteiger partial charge in [-0.15, -0.1) is 0 Å². The molecule has 0 aliphatic carbocycles. The predicted molar refractivity (Wildman–Crippen MR) is 87.3 cm³/mol. The zero-order valence-corrected chi connectivity index (χ0v) is 13.2. The maximum atomic E-state index is 12.1. The van der Waals surface area contributed by atoms with E-state index in [0.29, 0.717) is 11.1 Å². The van der Waals surface area contributed by atoms with Gasteiger partial charge in [0, 0.05) is 11.8 Å². The van der Waals surface area contributed by atoms with E-state index in [4.69, 9.17) is 0 Å². The number of aliphatic carboxylic acids is 2. The second-order valence-corrected chi connectivity index (χ2v) is 6.17. The average molecular weight is 312 g/mol. The Balaban J connectivity index is 2.62. The highest BCUT2D eigenvalue weighted by molar-refractivity contribution is 6.00. The normalized spacial score (nSPS) is 11.9. The lowest BCUT2D eigenvalue weighted by atomic mass is 9.59. The summed E-state index contributed by atoms with van der Waals surface area (Å²) < 4.78 is 0. The summed E-state index contributed by atoms with van der Waals surface area (Å²) in [5, 5.41) is 19.7. The Hall–Kier alpha value is -2.62. The van der Waals surface area contributed by atoms with Crippen LogP contribution in [0.5, 0.6) is 0 Å². The maximum Gasteiger partial charge on any atom is 0.322 e. The van der Waals surface area contributed by atoms with Crippen molar-refractivity contribution in [2.24, 2.45) is 5.41 Å². The Morgan fingerprint density at radius 2 is 1.26 bits per heavy atom. The van der Waals surface area contributed by atoms with Crippen LogP contribution in [0.1, 0.15) is 25.0 Å². The molecule has 4 heteroatoms. The summed E-state index contributed by atoms with van der Waals surface area (Å²) in [6.07, 6.45) is -0.0829. The second-order valence-electron chi connectivity index (χ2n) is 6.17. The van der Waals surface area contributed by atoms with E-state index in [0.717, 1.165) is 0 Å². The van der Waals surface area contributed by atoms with E-state index in [1.54, 1.807) is 62.4 Å². The van der Waals surface area contributed by atoms with E-state index in [-0.39, 0.29) is 6.42 Å². The van der Waals surface area contributed by atoms with Crippen molar-refractivity contribution in [2.75, 3.05) is 0 Å². The van der Waals surface area contributed by atoms with Gasteiger partial charge in [0.2, 0.25) is 0 Å². The van der Waals surface area contributed by atoms with Crippen LogP contribution in [0.2, 0.25) is 0 Å². The lowest BCUT2D eigenvalue weighted by Gasteiger charge is -2.40. The van der Waals surface area contributed by atoms with Gasteiger partial charge in [-0.1, -0.05) is 74.5 Å². The molecule has 0 fully saturated rings.